The first-order valence-corrected chi connectivity index (χ1v) is 9.96. The Hall–Kier alpha value is -2.73. The van der Waals surface area contributed by atoms with Gasteiger partial charge in [0.1, 0.15) is 0 Å². The molecule has 1 saturated heterocycles. The third-order valence-electron chi connectivity index (χ3n) is 5.90. The van der Waals surface area contributed by atoms with Gasteiger partial charge in [0, 0.05) is 44.5 Å². The molecule has 146 valence electrons. The van der Waals surface area contributed by atoms with Crippen molar-refractivity contribution in [2.45, 2.75) is 25.9 Å². The lowest BCUT2D eigenvalue weighted by molar-refractivity contribution is 0.138. The average molecular weight is 379 g/mol. The van der Waals surface area contributed by atoms with Crippen molar-refractivity contribution in [1.82, 2.24) is 9.80 Å². The fourth-order valence-corrected chi connectivity index (χ4v) is 4.40. The van der Waals surface area contributed by atoms with E-state index in [0.717, 1.165) is 56.3 Å². The predicted molar refractivity (Wildman–Crippen MR) is 107 cm³/mol. The van der Waals surface area contributed by atoms with Crippen LogP contribution in [0.5, 0.6) is 11.5 Å². The molecule has 6 heteroatoms. The van der Waals surface area contributed by atoms with Crippen LogP contribution in [0.4, 0.5) is 10.5 Å². The number of hydrogen-bond acceptors (Lipinski definition) is 4. The minimum atomic E-state index is 0.139. The molecule has 6 nitrogen and oxygen atoms in total. The largest absolute Gasteiger partial charge is 0.454 e. The van der Waals surface area contributed by atoms with Gasteiger partial charge in [-0.2, -0.15) is 0 Å². The first-order valence-electron chi connectivity index (χ1n) is 9.96. The lowest BCUT2D eigenvalue weighted by Gasteiger charge is -2.37. The smallest absolute Gasteiger partial charge is 0.324 e. The lowest BCUT2D eigenvalue weighted by atomic mass is 10.1. The summed E-state index contributed by atoms with van der Waals surface area (Å²) in [6.07, 6.45) is 0.937. The van der Waals surface area contributed by atoms with Gasteiger partial charge in [-0.15, -0.1) is 0 Å². The summed E-state index contributed by atoms with van der Waals surface area (Å²) in [6, 6.07) is 14.7. The molecule has 1 atom stereocenters. The highest BCUT2D eigenvalue weighted by Gasteiger charge is 2.34. The summed E-state index contributed by atoms with van der Waals surface area (Å²) in [7, 11) is 0. The van der Waals surface area contributed by atoms with E-state index in [1.54, 1.807) is 0 Å². The Balaban J connectivity index is 1.21. The highest BCUT2D eigenvalue weighted by molar-refractivity contribution is 5.95. The zero-order valence-electron chi connectivity index (χ0n) is 16.1. The molecule has 2 aromatic carbocycles. The van der Waals surface area contributed by atoms with Crippen LogP contribution in [0.3, 0.4) is 0 Å². The van der Waals surface area contributed by atoms with E-state index in [0.29, 0.717) is 6.79 Å². The van der Waals surface area contributed by atoms with Crippen LogP contribution in [-0.2, 0) is 13.0 Å². The number of hydrogen-bond donors (Lipinski definition) is 0. The Kier molecular flexibility index (Phi) is 4.36. The topological polar surface area (TPSA) is 45.3 Å². The van der Waals surface area contributed by atoms with Gasteiger partial charge in [0.15, 0.2) is 11.5 Å². The van der Waals surface area contributed by atoms with E-state index >= 15 is 0 Å². The molecule has 0 N–H and O–H groups in total. The second-order valence-corrected chi connectivity index (χ2v) is 7.79. The third kappa shape index (κ3) is 3.07. The number of anilines is 1. The van der Waals surface area contributed by atoms with Gasteiger partial charge in [0.05, 0.1) is 0 Å². The van der Waals surface area contributed by atoms with E-state index in [1.165, 1.54) is 11.1 Å². The monoisotopic (exact) mass is 379 g/mol. The molecule has 1 unspecified atom stereocenters. The molecule has 0 saturated carbocycles. The van der Waals surface area contributed by atoms with Crippen molar-refractivity contribution in [2.75, 3.05) is 37.9 Å². The summed E-state index contributed by atoms with van der Waals surface area (Å²) in [5, 5.41) is 0. The molecule has 5 rings (SSSR count). The van der Waals surface area contributed by atoms with Crippen LogP contribution in [0.25, 0.3) is 0 Å². The first-order chi connectivity index (χ1) is 13.7. The number of amides is 2. The van der Waals surface area contributed by atoms with E-state index in [9.17, 15) is 4.79 Å². The molecule has 0 aliphatic carbocycles. The Morgan fingerprint density at radius 2 is 1.82 bits per heavy atom. The number of carbonyl (C=O) groups is 1. The van der Waals surface area contributed by atoms with E-state index in [2.05, 4.69) is 42.2 Å². The molecule has 2 amide bonds. The Morgan fingerprint density at radius 3 is 2.68 bits per heavy atom. The predicted octanol–water partition coefficient (Wildman–Crippen LogP) is 3.10. The summed E-state index contributed by atoms with van der Waals surface area (Å²) in [5.41, 5.74) is 3.55. The summed E-state index contributed by atoms with van der Waals surface area (Å²) in [4.78, 5) is 19.5. The lowest BCUT2D eigenvalue weighted by Crippen LogP contribution is -2.53. The Labute approximate surface area is 165 Å². The van der Waals surface area contributed by atoms with Crippen LogP contribution >= 0.6 is 0 Å². The maximum Gasteiger partial charge on any atom is 0.324 e. The second-order valence-electron chi connectivity index (χ2n) is 7.79. The van der Waals surface area contributed by atoms with Crippen molar-refractivity contribution < 1.29 is 14.3 Å². The minimum absolute atomic E-state index is 0.139. The summed E-state index contributed by atoms with van der Waals surface area (Å²) >= 11 is 0. The zero-order chi connectivity index (χ0) is 19.1. The van der Waals surface area contributed by atoms with Crippen molar-refractivity contribution in [3.05, 3.63) is 53.6 Å². The van der Waals surface area contributed by atoms with E-state index in [4.69, 9.17) is 9.47 Å². The van der Waals surface area contributed by atoms with Crippen molar-refractivity contribution in [3.8, 4) is 11.5 Å². The van der Waals surface area contributed by atoms with Crippen LogP contribution in [-0.4, -0.2) is 54.8 Å². The molecular formula is C22H25N3O3. The number of rotatable bonds is 2. The molecule has 1 fully saturated rings. The van der Waals surface area contributed by atoms with Gasteiger partial charge in [0.2, 0.25) is 6.79 Å². The van der Waals surface area contributed by atoms with Gasteiger partial charge in [-0.25, -0.2) is 4.79 Å². The number of piperazine rings is 1. The second kappa shape index (κ2) is 7.02. The van der Waals surface area contributed by atoms with Crippen molar-refractivity contribution in [3.63, 3.8) is 0 Å². The highest BCUT2D eigenvalue weighted by atomic mass is 16.7. The van der Waals surface area contributed by atoms with Gasteiger partial charge in [-0.05, 0) is 42.7 Å². The quantitative estimate of drug-likeness (QED) is 0.804. The molecule has 2 aromatic rings. The maximum absolute atomic E-state index is 13.2. The summed E-state index contributed by atoms with van der Waals surface area (Å²) < 4.78 is 10.9. The van der Waals surface area contributed by atoms with Crippen molar-refractivity contribution in [2.24, 2.45) is 0 Å². The number of benzene rings is 2. The SMILES string of the molecule is CC1Cc2ccccc2N1C(=O)N1CCN(Cc2ccc3c(c2)OCO3)CC1. The summed E-state index contributed by atoms with van der Waals surface area (Å²) in [5.74, 6) is 1.65. The van der Waals surface area contributed by atoms with Gasteiger partial charge in [0.25, 0.3) is 0 Å². The average Bonchev–Trinajstić information content (AvgIpc) is 3.31. The van der Waals surface area contributed by atoms with E-state index in [-0.39, 0.29) is 12.1 Å². The highest BCUT2D eigenvalue weighted by Crippen LogP contribution is 2.34. The molecular weight excluding hydrogens is 354 g/mol. The third-order valence-corrected chi connectivity index (χ3v) is 5.90. The van der Waals surface area contributed by atoms with Gasteiger partial charge >= 0.3 is 6.03 Å². The fourth-order valence-electron chi connectivity index (χ4n) is 4.40. The van der Waals surface area contributed by atoms with Gasteiger partial charge in [-0.3, -0.25) is 9.80 Å². The van der Waals surface area contributed by atoms with Crippen LogP contribution < -0.4 is 14.4 Å². The van der Waals surface area contributed by atoms with E-state index < -0.39 is 0 Å². The molecule has 3 aliphatic rings. The Bertz CT molecular complexity index is 892. The zero-order valence-corrected chi connectivity index (χ0v) is 16.1. The molecule has 3 heterocycles. The van der Waals surface area contributed by atoms with E-state index in [1.807, 2.05) is 21.9 Å². The molecule has 0 aromatic heterocycles. The molecule has 28 heavy (non-hydrogen) atoms. The molecule has 0 radical (unpaired) electrons. The van der Waals surface area contributed by atoms with Gasteiger partial charge in [-0.1, -0.05) is 24.3 Å². The van der Waals surface area contributed by atoms with Crippen LogP contribution in [0.1, 0.15) is 18.1 Å². The first kappa shape index (κ1) is 17.4. The Morgan fingerprint density at radius 1 is 1.04 bits per heavy atom. The fraction of sp³-hybridized carbons (Fsp3) is 0.409. The summed E-state index contributed by atoms with van der Waals surface area (Å²) in [6.45, 7) is 6.57. The minimum Gasteiger partial charge on any atom is -0.454 e. The van der Waals surface area contributed by atoms with Crippen molar-refractivity contribution in [1.29, 1.82) is 0 Å². The maximum atomic E-state index is 13.2. The molecule has 3 aliphatic heterocycles. The van der Waals surface area contributed by atoms with Crippen molar-refractivity contribution >= 4 is 11.7 Å². The van der Waals surface area contributed by atoms with Crippen LogP contribution in [0.2, 0.25) is 0 Å². The number of para-hydroxylation sites is 1. The number of urea groups is 1. The number of carbonyl (C=O) groups excluding carboxylic acids is 1. The van der Waals surface area contributed by atoms with Crippen LogP contribution in [0.15, 0.2) is 42.5 Å². The van der Waals surface area contributed by atoms with Crippen LogP contribution in [0, 0.1) is 0 Å². The number of ether oxygens (including phenoxy) is 2. The van der Waals surface area contributed by atoms with Gasteiger partial charge < -0.3 is 14.4 Å². The standard InChI is InChI=1S/C22H25N3O3/c1-16-12-18-4-2-3-5-19(18)25(16)22(26)24-10-8-23(9-11-24)14-17-6-7-20-21(13-17)28-15-27-20/h2-7,13,16H,8-12,14-15H2,1H3. The molecule has 0 spiro atoms. The number of nitrogens with zero attached hydrogens (tertiary/aromatic N) is 3. The number of fused-ring (bicyclic) bond motifs is 2. The normalized spacial score (nSPS) is 21.1. The molecule has 0 bridgehead atoms.